The molecule has 1 heterocycles. The summed E-state index contributed by atoms with van der Waals surface area (Å²) in [7, 11) is 0. The highest BCUT2D eigenvalue weighted by Gasteiger charge is 2.22. The highest BCUT2D eigenvalue weighted by atomic mass is 16.1. The molecule has 1 amide bonds. The van der Waals surface area contributed by atoms with Crippen molar-refractivity contribution in [2.45, 2.75) is 25.9 Å². The summed E-state index contributed by atoms with van der Waals surface area (Å²) < 4.78 is 0. The maximum absolute atomic E-state index is 11.8. The van der Waals surface area contributed by atoms with Crippen molar-refractivity contribution in [3.8, 4) is 0 Å². The third-order valence-electron chi connectivity index (χ3n) is 2.84. The lowest BCUT2D eigenvalue weighted by Crippen LogP contribution is -2.30. The summed E-state index contributed by atoms with van der Waals surface area (Å²) in [5, 5.41) is 2.88. The van der Waals surface area contributed by atoms with Crippen LogP contribution < -0.4 is 11.1 Å². The molecule has 0 spiro atoms. The van der Waals surface area contributed by atoms with Gasteiger partial charge in [-0.05, 0) is 25.5 Å². The van der Waals surface area contributed by atoms with E-state index >= 15 is 0 Å². The Morgan fingerprint density at radius 2 is 2.35 bits per heavy atom. The van der Waals surface area contributed by atoms with Gasteiger partial charge in [-0.15, -0.1) is 0 Å². The molecular weight excluding hydrogens is 214 g/mol. The molecule has 0 saturated carbocycles. The van der Waals surface area contributed by atoms with E-state index in [0.717, 1.165) is 11.4 Å². The lowest BCUT2D eigenvalue weighted by Gasteiger charge is -2.10. The van der Waals surface area contributed by atoms with Crippen LogP contribution in [0.15, 0.2) is 30.4 Å². The van der Waals surface area contributed by atoms with E-state index in [2.05, 4.69) is 10.3 Å². The van der Waals surface area contributed by atoms with Crippen molar-refractivity contribution >= 4 is 5.91 Å². The first kappa shape index (κ1) is 11.8. The molecule has 1 aliphatic carbocycles. The number of nitrogens with zero attached hydrogens (tertiary/aromatic N) is 1. The van der Waals surface area contributed by atoms with Crippen LogP contribution in [-0.2, 0) is 11.3 Å². The lowest BCUT2D eigenvalue weighted by atomic mass is 10.1. The van der Waals surface area contributed by atoms with Crippen LogP contribution in [0.3, 0.4) is 0 Å². The third-order valence-corrected chi connectivity index (χ3v) is 2.84. The average Bonchev–Trinajstić information content (AvgIpc) is 2.73. The van der Waals surface area contributed by atoms with Crippen molar-refractivity contribution in [3.63, 3.8) is 0 Å². The summed E-state index contributed by atoms with van der Waals surface area (Å²) in [6.07, 6.45) is 4.46. The summed E-state index contributed by atoms with van der Waals surface area (Å²) in [6, 6.07) is 5.80. The molecule has 1 aromatic rings. The van der Waals surface area contributed by atoms with E-state index in [1.54, 1.807) is 0 Å². The van der Waals surface area contributed by atoms with Gasteiger partial charge in [0.2, 0.25) is 5.91 Å². The van der Waals surface area contributed by atoms with Gasteiger partial charge in [0.05, 0.1) is 18.2 Å². The second kappa shape index (κ2) is 5.10. The Bertz CT molecular complexity index is 442. The van der Waals surface area contributed by atoms with Gasteiger partial charge in [-0.25, -0.2) is 0 Å². The zero-order valence-corrected chi connectivity index (χ0v) is 9.89. The molecule has 0 saturated heterocycles. The Balaban J connectivity index is 1.86. The van der Waals surface area contributed by atoms with Crippen LogP contribution in [-0.4, -0.2) is 16.9 Å². The Morgan fingerprint density at radius 3 is 3.00 bits per heavy atom. The van der Waals surface area contributed by atoms with E-state index in [1.165, 1.54) is 0 Å². The fraction of sp³-hybridized carbons (Fsp3) is 0.385. The minimum atomic E-state index is -0.0881. The van der Waals surface area contributed by atoms with Gasteiger partial charge in [0.25, 0.3) is 0 Å². The van der Waals surface area contributed by atoms with Crippen molar-refractivity contribution in [3.05, 3.63) is 41.7 Å². The van der Waals surface area contributed by atoms with Crippen molar-refractivity contribution in [2.24, 2.45) is 11.7 Å². The zero-order chi connectivity index (χ0) is 12.3. The number of pyridine rings is 1. The number of aromatic nitrogens is 1. The van der Waals surface area contributed by atoms with E-state index < -0.39 is 0 Å². The predicted octanol–water partition coefficient (Wildman–Crippen LogP) is 0.910. The number of nitrogens with two attached hydrogens (primary N) is 1. The number of aryl methyl sites for hydroxylation is 1. The second-order valence-electron chi connectivity index (χ2n) is 4.38. The summed E-state index contributed by atoms with van der Waals surface area (Å²) in [6.45, 7) is 2.41. The smallest absolute Gasteiger partial charge is 0.227 e. The van der Waals surface area contributed by atoms with E-state index in [-0.39, 0.29) is 17.9 Å². The van der Waals surface area contributed by atoms with Crippen LogP contribution in [0.25, 0.3) is 0 Å². The first-order valence-electron chi connectivity index (χ1n) is 5.79. The van der Waals surface area contributed by atoms with Crippen molar-refractivity contribution < 1.29 is 4.79 Å². The van der Waals surface area contributed by atoms with Gasteiger partial charge in [0.15, 0.2) is 0 Å². The summed E-state index contributed by atoms with van der Waals surface area (Å²) in [4.78, 5) is 16.1. The van der Waals surface area contributed by atoms with Crippen LogP contribution in [0, 0.1) is 12.8 Å². The second-order valence-corrected chi connectivity index (χ2v) is 4.38. The minimum absolute atomic E-state index is 0.0165. The molecule has 1 aromatic heterocycles. The zero-order valence-electron chi connectivity index (χ0n) is 9.89. The van der Waals surface area contributed by atoms with Gasteiger partial charge in [-0.3, -0.25) is 9.78 Å². The Kier molecular flexibility index (Phi) is 3.54. The first-order valence-corrected chi connectivity index (χ1v) is 5.79. The Morgan fingerprint density at radius 1 is 1.53 bits per heavy atom. The quantitative estimate of drug-likeness (QED) is 0.760. The molecule has 0 aromatic carbocycles. The molecular formula is C13H17N3O. The molecule has 1 aliphatic rings. The van der Waals surface area contributed by atoms with Crippen LogP contribution in [0.2, 0.25) is 0 Å². The molecule has 4 heteroatoms. The van der Waals surface area contributed by atoms with E-state index in [1.807, 2.05) is 37.3 Å². The van der Waals surface area contributed by atoms with Crippen LogP contribution in [0.4, 0.5) is 0 Å². The maximum atomic E-state index is 11.8. The summed E-state index contributed by atoms with van der Waals surface area (Å²) in [5.41, 5.74) is 7.55. The fourth-order valence-corrected chi connectivity index (χ4v) is 1.93. The number of amides is 1. The lowest BCUT2D eigenvalue weighted by molar-refractivity contribution is -0.123. The molecule has 2 unspecified atom stereocenters. The molecule has 0 fully saturated rings. The first-order chi connectivity index (χ1) is 8.15. The monoisotopic (exact) mass is 231 g/mol. The Hall–Kier alpha value is -1.68. The Labute approximate surface area is 101 Å². The normalized spacial score (nSPS) is 22.7. The molecule has 0 aliphatic heterocycles. The van der Waals surface area contributed by atoms with Crippen LogP contribution in [0.5, 0.6) is 0 Å². The molecule has 0 radical (unpaired) electrons. The number of hydrogen-bond acceptors (Lipinski definition) is 3. The van der Waals surface area contributed by atoms with Gasteiger partial charge in [-0.1, -0.05) is 18.2 Å². The number of carbonyl (C=O) groups is 1. The molecule has 4 nitrogen and oxygen atoms in total. The summed E-state index contributed by atoms with van der Waals surface area (Å²) in [5.74, 6) is -0.0627. The van der Waals surface area contributed by atoms with Gasteiger partial charge in [0, 0.05) is 11.7 Å². The fourth-order valence-electron chi connectivity index (χ4n) is 1.93. The van der Waals surface area contributed by atoms with Crippen molar-refractivity contribution in [2.75, 3.05) is 0 Å². The highest BCUT2D eigenvalue weighted by Crippen LogP contribution is 2.16. The topological polar surface area (TPSA) is 68.0 Å². The third kappa shape index (κ3) is 3.14. The standard InChI is InChI=1S/C13H17N3O/c1-9-3-2-4-12(16-9)8-15-13(17)10-5-6-11(14)7-10/h2-6,10-11H,7-8,14H2,1H3,(H,15,17). The molecule has 90 valence electrons. The average molecular weight is 231 g/mol. The van der Waals surface area contributed by atoms with Crippen molar-refractivity contribution in [1.82, 2.24) is 10.3 Å². The molecule has 17 heavy (non-hydrogen) atoms. The van der Waals surface area contributed by atoms with E-state index in [4.69, 9.17) is 5.73 Å². The van der Waals surface area contributed by atoms with Gasteiger partial charge in [0.1, 0.15) is 0 Å². The van der Waals surface area contributed by atoms with E-state index in [9.17, 15) is 4.79 Å². The highest BCUT2D eigenvalue weighted by molar-refractivity contribution is 5.81. The molecule has 2 rings (SSSR count). The van der Waals surface area contributed by atoms with Gasteiger partial charge in [-0.2, -0.15) is 0 Å². The number of nitrogens with one attached hydrogen (secondary N) is 1. The SMILES string of the molecule is Cc1cccc(CNC(=O)C2C=CC(N)C2)n1. The largest absolute Gasteiger partial charge is 0.350 e. The minimum Gasteiger partial charge on any atom is -0.350 e. The van der Waals surface area contributed by atoms with Crippen molar-refractivity contribution in [1.29, 1.82) is 0 Å². The molecule has 0 bridgehead atoms. The number of rotatable bonds is 3. The van der Waals surface area contributed by atoms with E-state index in [0.29, 0.717) is 13.0 Å². The van der Waals surface area contributed by atoms with Gasteiger partial charge >= 0.3 is 0 Å². The molecule has 2 atom stereocenters. The summed E-state index contributed by atoms with van der Waals surface area (Å²) >= 11 is 0. The van der Waals surface area contributed by atoms with Crippen LogP contribution >= 0.6 is 0 Å². The van der Waals surface area contributed by atoms with Crippen LogP contribution in [0.1, 0.15) is 17.8 Å². The number of carbonyl (C=O) groups excluding carboxylic acids is 1. The predicted molar refractivity (Wildman–Crippen MR) is 66.0 cm³/mol. The maximum Gasteiger partial charge on any atom is 0.227 e. The number of hydrogen-bond donors (Lipinski definition) is 2. The van der Waals surface area contributed by atoms with Gasteiger partial charge < -0.3 is 11.1 Å². The molecule has 3 N–H and O–H groups in total.